The molecule has 118 valence electrons. The normalized spacial score (nSPS) is 28.0. The molecule has 0 saturated carbocycles. The summed E-state index contributed by atoms with van der Waals surface area (Å²) in [5.74, 6) is 0.940. The van der Waals surface area contributed by atoms with Gasteiger partial charge in [0.2, 0.25) is 10.0 Å². The van der Waals surface area contributed by atoms with E-state index in [0.717, 1.165) is 25.9 Å². The van der Waals surface area contributed by atoms with E-state index in [9.17, 15) is 8.42 Å². The van der Waals surface area contributed by atoms with E-state index in [1.54, 1.807) is 17.3 Å². The number of piperazine rings is 1. The minimum Gasteiger partial charge on any atom is -0.464 e. The molecule has 2 aliphatic rings. The maximum atomic E-state index is 12.9. The summed E-state index contributed by atoms with van der Waals surface area (Å²) < 4.78 is 32.9. The second-order valence-corrected chi connectivity index (χ2v) is 7.91. The number of hydrogen-bond donors (Lipinski definition) is 1. The van der Waals surface area contributed by atoms with E-state index in [4.69, 9.17) is 10.2 Å². The summed E-state index contributed by atoms with van der Waals surface area (Å²) >= 11 is 0. The molecular formula is C14H23N3O3S. The number of furan rings is 1. The third-order valence-electron chi connectivity index (χ3n) is 4.59. The van der Waals surface area contributed by atoms with Crippen LogP contribution in [-0.2, 0) is 16.6 Å². The molecule has 3 heterocycles. The lowest BCUT2D eigenvalue weighted by molar-refractivity contribution is 0.117. The van der Waals surface area contributed by atoms with E-state index in [-0.39, 0.29) is 17.5 Å². The van der Waals surface area contributed by atoms with Crippen molar-refractivity contribution in [1.29, 1.82) is 0 Å². The van der Waals surface area contributed by atoms with Gasteiger partial charge in [-0.15, -0.1) is 0 Å². The molecule has 2 aliphatic heterocycles. The minimum absolute atomic E-state index is 0.0139. The average molecular weight is 313 g/mol. The van der Waals surface area contributed by atoms with Crippen LogP contribution in [0.5, 0.6) is 0 Å². The van der Waals surface area contributed by atoms with Crippen LogP contribution in [0, 0.1) is 6.92 Å². The zero-order valence-corrected chi connectivity index (χ0v) is 13.4. The Bertz CT molecular complexity index is 625. The zero-order valence-electron chi connectivity index (χ0n) is 12.6. The first-order chi connectivity index (χ1) is 9.93. The fraction of sp³-hybridized carbons (Fsp3) is 0.714. The molecule has 7 heteroatoms. The van der Waals surface area contributed by atoms with Gasteiger partial charge in [-0.2, -0.15) is 4.31 Å². The van der Waals surface area contributed by atoms with Crippen molar-refractivity contribution in [1.82, 2.24) is 9.21 Å². The van der Waals surface area contributed by atoms with Gasteiger partial charge in [0.25, 0.3) is 0 Å². The van der Waals surface area contributed by atoms with Crippen LogP contribution < -0.4 is 5.73 Å². The Balaban J connectivity index is 1.91. The maximum absolute atomic E-state index is 12.9. The number of aryl methyl sites for hydroxylation is 1. The van der Waals surface area contributed by atoms with Gasteiger partial charge in [-0.05, 0) is 33.2 Å². The van der Waals surface area contributed by atoms with Crippen molar-refractivity contribution in [2.75, 3.05) is 19.6 Å². The highest BCUT2D eigenvalue weighted by molar-refractivity contribution is 7.89. The molecule has 3 rings (SSSR count). The molecule has 0 bridgehead atoms. The van der Waals surface area contributed by atoms with Crippen LogP contribution in [0.3, 0.4) is 0 Å². The summed E-state index contributed by atoms with van der Waals surface area (Å²) in [6, 6.07) is 1.91. The molecule has 2 N–H and O–H groups in total. The number of sulfonamides is 1. The van der Waals surface area contributed by atoms with Crippen LogP contribution in [0.15, 0.2) is 15.4 Å². The van der Waals surface area contributed by atoms with E-state index in [0.29, 0.717) is 24.1 Å². The van der Waals surface area contributed by atoms with Crippen molar-refractivity contribution >= 4 is 10.0 Å². The lowest BCUT2D eigenvalue weighted by atomic mass is 10.1. The van der Waals surface area contributed by atoms with Crippen molar-refractivity contribution < 1.29 is 12.8 Å². The molecule has 21 heavy (non-hydrogen) atoms. The summed E-state index contributed by atoms with van der Waals surface area (Å²) in [7, 11) is -3.51. The largest absolute Gasteiger partial charge is 0.464 e. The SMILES string of the molecule is Cc1oc(CN)cc1S(=O)(=O)N1CC2CCCN2CC1C. The average Bonchev–Trinajstić information content (AvgIpc) is 3.03. The van der Waals surface area contributed by atoms with Crippen molar-refractivity contribution in [3.05, 3.63) is 17.6 Å². The van der Waals surface area contributed by atoms with Crippen molar-refractivity contribution in [3.63, 3.8) is 0 Å². The summed E-state index contributed by atoms with van der Waals surface area (Å²) in [4.78, 5) is 2.67. The third-order valence-corrected chi connectivity index (χ3v) is 6.68. The van der Waals surface area contributed by atoms with Gasteiger partial charge < -0.3 is 10.2 Å². The predicted molar refractivity (Wildman–Crippen MR) is 79.3 cm³/mol. The number of nitrogens with two attached hydrogens (primary N) is 1. The molecule has 2 fully saturated rings. The Kier molecular flexibility index (Phi) is 3.85. The Hall–Kier alpha value is -0.890. The number of nitrogens with zero attached hydrogens (tertiary/aromatic N) is 2. The first-order valence-corrected chi connectivity index (χ1v) is 8.92. The van der Waals surface area contributed by atoms with E-state index >= 15 is 0 Å². The maximum Gasteiger partial charge on any atom is 0.246 e. The van der Waals surface area contributed by atoms with Gasteiger partial charge in [-0.3, -0.25) is 4.90 Å². The van der Waals surface area contributed by atoms with Crippen molar-refractivity contribution in [3.8, 4) is 0 Å². The quantitative estimate of drug-likeness (QED) is 0.897. The Morgan fingerprint density at radius 1 is 1.43 bits per heavy atom. The molecule has 0 aliphatic carbocycles. The first kappa shape index (κ1) is 15.0. The molecule has 2 atom stereocenters. The number of hydrogen-bond acceptors (Lipinski definition) is 5. The van der Waals surface area contributed by atoms with E-state index in [2.05, 4.69) is 4.90 Å². The Labute approximate surface area is 125 Å². The van der Waals surface area contributed by atoms with Crippen LogP contribution in [-0.4, -0.2) is 49.3 Å². The second kappa shape index (κ2) is 5.39. The van der Waals surface area contributed by atoms with Crippen LogP contribution in [0.2, 0.25) is 0 Å². The van der Waals surface area contributed by atoms with Gasteiger partial charge in [-0.25, -0.2) is 8.42 Å². The molecule has 1 aromatic rings. The second-order valence-electron chi connectivity index (χ2n) is 6.05. The summed E-state index contributed by atoms with van der Waals surface area (Å²) in [5, 5.41) is 0. The smallest absolute Gasteiger partial charge is 0.246 e. The van der Waals surface area contributed by atoms with Gasteiger partial charge in [0, 0.05) is 31.2 Å². The summed E-state index contributed by atoms with van der Waals surface area (Å²) in [6.45, 7) is 6.35. The molecule has 0 radical (unpaired) electrons. The van der Waals surface area contributed by atoms with E-state index in [1.165, 1.54) is 0 Å². The molecule has 2 saturated heterocycles. The molecule has 0 amide bonds. The Morgan fingerprint density at radius 2 is 2.19 bits per heavy atom. The highest BCUT2D eigenvalue weighted by Crippen LogP contribution is 2.31. The van der Waals surface area contributed by atoms with Crippen LogP contribution in [0.4, 0.5) is 0 Å². The first-order valence-electron chi connectivity index (χ1n) is 7.48. The van der Waals surface area contributed by atoms with Gasteiger partial charge in [0.15, 0.2) is 0 Å². The van der Waals surface area contributed by atoms with Crippen LogP contribution >= 0.6 is 0 Å². The molecule has 1 aromatic heterocycles. The monoisotopic (exact) mass is 313 g/mol. The molecule has 0 spiro atoms. The number of fused-ring (bicyclic) bond motifs is 1. The van der Waals surface area contributed by atoms with Gasteiger partial charge in [0.1, 0.15) is 16.4 Å². The zero-order chi connectivity index (χ0) is 15.2. The lowest BCUT2D eigenvalue weighted by Crippen LogP contribution is -2.56. The molecular weight excluding hydrogens is 290 g/mol. The molecule has 0 aromatic carbocycles. The van der Waals surface area contributed by atoms with Crippen LogP contribution in [0.25, 0.3) is 0 Å². The van der Waals surface area contributed by atoms with Gasteiger partial charge in [-0.1, -0.05) is 0 Å². The fourth-order valence-corrected chi connectivity index (χ4v) is 5.35. The number of rotatable bonds is 3. The third kappa shape index (κ3) is 2.52. The van der Waals surface area contributed by atoms with Crippen molar-refractivity contribution in [2.45, 2.75) is 50.2 Å². The van der Waals surface area contributed by atoms with Crippen LogP contribution in [0.1, 0.15) is 31.3 Å². The van der Waals surface area contributed by atoms with Gasteiger partial charge >= 0.3 is 0 Å². The minimum atomic E-state index is -3.51. The highest BCUT2D eigenvalue weighted by atomic mass is 32.2. The van der Waals surface area contributed by atoms with Crippen molar-refractivity contribution in [2.24, 2.45) is 5.73 Å². The topological polar surface area (TPSA) is 79.8 Å². The fourth-order valence-electron chi connectivity index (χ4n) is 3.50. The Morgan fingerprint density at radius 3 is 2.86 bits per heavy atom. The summed E-state index contributed by atoms with van der Waals surface area (Å²) in [5.41, 5.74) is 5.54. The molecule has 2 unspecified atom stereocenters. The standard InChI is InChI=1S/C14H23N3O3S/c1-10-8-16-5-3-4-12(16)9-17(10)21(18,19)14-6-13(7-15)20-11(14)2/h6,10,12H,3-5,7-9,15H2,1-2H3. The van der Waals surface area contributed by atoms with E-state index < -0.39 is 10.0 Å². The highest BCUT2D eigenvalue weighted by Gasteiger charge is 2.41. The lowest BCUT2D eigenvalue weighted by Gasteiger charge is -2.41. The molecule has 6 nitrogen and oxygen atoms in total. The van der Waals surface area contributed by atoms with Gasteiger partial charge in [0.05, 0.1) is 6.54 Å². The predicted octanol–water partition coefficient (Wildman–Crippen LogP) is 0.904. The van der Waals surface area contributed by atoms with E-state index in [1.807, 2.05) is 6.92 Å². The summed E-state index contributed by atoms with van der Waals surface area (Å²) in [6.07, 6.45) is 2.24.